The van der Waals surface area contributed by atoms with Crippen LogP contribution >= 0.6 is 11.6 Å². The molecule has 0 unspecified atom stereocenters. The zero-order valence-corrected chi connectivity index (χ0v) is 23.4. The van der Waals surface area contributed by atoms with Gasteiger partial charge in [-0.25, -0.2) is 4.98 Å². The number of hydrogen-bond donors (Lipinski definition) is 1. The summed E-state index contributed by atoms with van der Waals surface area (Å²) >= 11 is 6.12. The number of amides is 1. The molecule has 6 heteroatoms. The van der Waals surface area contributed by atoms with Crippen LogP contribution < -0.4 is 10.1 Å². The van der Waals surface area contributed by atoms with Gasteiger partial charge in [0.05, 0.1) is 28.2 Å². The highest BCUT2D eigenvalue weighted by Gasteiger charge is 2.14. The van der Waals surface area contributed by atoms with Crippen molar-refractivity contribution >= 4 is 28.5 Å². The number of rotatable bonds is 12. The predicted octanol–water partition coefficient (Wildman–Crippen LogP) is 7.60. The summed E-state index contributed by atoms with van der Waals surface area (Å²) in [5.41, 5.74) is 4.18. The van der Waals surface area contributed by atoms with Crippen LogP contribution in [0, 0.1) is 0 Å². The fraction of sp³-hybridized carbons (Fsp3) is 0.375. The Balaban J connectivity index is 1.24. The van der Waals surface area contributed by atoms with Gasteiger partial charge in [0.1, 0.15) is 11.6 Å². The Morgan fingerprint density at radius 2 is 1.66 bits per heavy atom. The summed E-state index contributed by atoms with van der Waals surface area (Å²) in [6, 6.07) is 23.9. The van der Waals surface area contributed by atoms with E-state index >= 15 is 0 Å². The lowest BCUT2D eigenvalue weighted by Crippen LogP contribution is -2.24. The number of fused-ring (bicyclic) bond motifs is 1. The molecule has 0 aliphatic carbocycles. The average Bonchev–Trinajstić information content (AvgIpc) is 3.25. The minimum atomic E-state index is -0.121. The maximum Gasteiger partial charge on any atom is 0.252 e. The first-order valence-corrected chi connectivity index (χ1v) is 13.9. The Morgan fingerprint density at radius 1 is 0.921 bits per heavy atom. The summed E-state index contributed by atoms with van der Waals surface area (Å²) in [5.74, 6) is 1.90. The second kappa shape index (κ2) is 13.0. The Labute approximate surface area is 231 Å². The van der Waals surface area contributed by atoms with Crippen LogP contribution in [0.5, 0.6) is 5.75 Å². The molecule has 4 rings (SSSR count). The number of halogens is 1. The van der Waals surface area contributed by atoms with E-state index in [0.29, 0.717) is 23.7 Å². The number of unbranched alkanes of at least 4 members (excludes halogenated alkanes) is 2. The molecule has 0 fully saturated rings. The third kappa shape index (κ3) is 7.38. The van der Waals surface area contributed by atoms with E-state index in [1.165, 1.54) is 11.1 Å². The van der Waals surface area contributed by atoms with Crippen molar-refractivity contribution in [3.05, 3.63) is 94.8 Å². The lowest BCUT2D eigenvalue weighted by molar-refractivity contribution is 0.0953. The van der Waals surface area contributed by atoms with Crippen LogP contribution in [0.1, 0.15) is 68.2 Å². The Kier molecular flexibility index (Phi) is 9.46. The monoisotopic (exact) mass is 531 g/mol. The number of para-hydroxylation sites is 2. The zero-order chi connectivity index (χ0) is 27.0. The van der Waals surface area contributed by atoms with Gasteiger partial charge in [-0.3, -0.25) is 4.79 Å². The maximum atomic E-state index is 12.3. The first kappa shape index (κ1) is 27.7. The molecular formula is C32H38ClN3O2. The number of nitrogens with one attached hydrogen (secondary N) is 1. The number of hydrogen-bond acceptors (Lipinski definition) is 3. The summed E-state index contributed by atoms with van der Waals surface area (Å²) in [6.07, 6.45) is 4.75. The molecule has 3 aromatic carbocycles. The van der Waals surface area contributed by atoms with E-state index in [2.05, 4.69) is 73.1 Å². The molecule has 4 aromatic rings. The SMILES string of the molecule is CC(C)(C)c1ccc(OCCCn2c(CCCCCNC(=O)c3ccccc3Cl)nc3ccccc32)cc1. The van der Waals surface area contributed by atoms with Gasteiger partial charge in [0.15, 0.2) is 0 Å². The molecule has 0 saturated heterocycles. The summed E-state index contributed by atoms with van der Waals surface area (Å²) in [5, 5.41) is 3.45. The first-order chi connectivity index (χ1) is 18.3. The van der Waals surface area contributed by atoms with Crippen LogP contribution in [0.2, 0.25) is 5.02 Å². The second-order valence-corrected chi connectivity index (χ2v) is 11.1. The fourth-order valence-electron chi connectivity index (χ4n) is 4.56. The van der Waals surface area contributed by atoms with Crippen LogP contribution in [0.15, 0.2) is 72.8 Å². The van der Waals surface area contributed by atoms with E-state index in [9.17, 15) is 4.79 Å². The standard InChI is InChI=1S/C32H38ClN3O2/c1-32(2,3)24-17-19-25(20-18-24)38-23-11-22-36-29-15-9-8-14-28(29)35-30(36)16-5-4-10-21-34-31(37)26-12-6-7-13-27(26)33/h6-9,12-15,17-20H,4-5,10-11,16,21-23H2,1-3H3,(H,34,37). The summed E-state index contributed by atoms with van der Waals surface area (Å²) < 4.78 is 8.37. The first-order valence-electron chi connectivity index (χ1n) is 13.5. The predicted molar refractivity (Wildman–Crippen MR) is 156 cm³/mol. The van der Waals surface area contributed by atoms with Crippen LogP contribution in [-0.4, -0.2) is 28.6 Å². The van der Waals surface area contributed by atoms with Gasteiger partial charge in [0.2, 0.25) is 0 Å². The number of carbonyl (C=O) groups is 1. The minimum absolute atomic E-state index is 0.121. The zero-order valence-electron chi connectivity index (χ0n) is 22.7. The number of aryl methyl sites for hydroxylation is 2. The van der Waals surface area contributed by atoms with Gasteiger partial charge in [-0.15, -0.1) is 0 Å². The van der Waals surface area contributed by atoms with Crippen LogP contribution in [-0.2, 0) is 18.4 Å². The normalized spacial score (nSPS) is 11.6. The fourth-order valence-corrected chi connectivity index (χ4v) is 4.78. The van der Waals surface area contributed by atoms with Crippen molar-refractivity contribution in [3.63, 3.8) is 0 Å². The van der Waals surface area contributed by atoms with Crippen molar-refractivity contribution in [1.82, 2.24) is 14.9 Å². The number of nitrogens with zero attached hydrogens (tertiary/aromatic N) is 2. The van der Waals surface area contributed by atoms with Gasteiger partial charge >= 0.3 is 0 Å². The molecular weight excluding hydrogens is 494 g/mol. The number of carbonyl (C=O) groups excluding carboxylic acids is 1. The number of imidazole rings is 1. The minimum Gasteiger partial charge on any atom is -0.494 e. The van der Waals surface area contributed by atoms with Crippen LogP contribution in [0.4, 0.5) is 0 Å². The molecule has 1 heterocycles. The quantitative estimate of drug-likeness (QED) is 0.191. The number of ether oxygens (including phenoxy) is 1. The van der Waals surface area contributed by atoms with Crippen molar-refractivity contribution < 1.29 is 9.53 Å². The average molecular weight is 532 g/mol. The molecule has 5 nitrogen and oxygen atoms in total. The van der Waals surface area contributed by atoms with Gasteiger partial charge in [-0.2, -0.15) is 0 Å². The molecule has 0 aliphatic heterocycles. The van der Waals surface area contributed by atoms with Gasteiger partial charge in [-0.1, -0.05) is 75.2 Å². The highest BCUT2D eigenvalue weighted by Crippen LogP contribution is 2.24. The van der Waals surface area contributed by atoms with Crippen molar-refractivity contribution in [1.29, 1.82) is 0 Å². The molecule has 0 spiro atoms. The third-order valence-corrected chi connectivity index (χ3v) is 7.06. The van der Waals surface area contributed by atoms with E-state index in [0.717, 1.165) is 55.7 Å². The number of aromatic nitrogens is 2. The van der Waals surface area contributed by atoms with Gasteiger partial charge in [0.25, 0.3) is 5.91 Å². The highest BCUT2D eigenvalue weighted by atomic mass is 35.5. The smallest absolute Gasteiger partial charge is 0.252 e. The van der Waals surface area contributed by atoms with Crippen molar-refractivity contribution in [2.24, 2.45) is 0 Å². The molecule has 38 heavy (non-hydrogen) atoms. The molecule has 0 aliphatic rings. The second-order valence-electron chi connectivity index (χ2n) is 10.7. The van der Waals surface area contributed by atoms with Gasteiger partial charge < -0.3 is 14.6 Å². The molecule has 0 saturated carbocycles. The maximum absolute atomic E-state index is 12.3. The Morgan fingerprint density at radius 3 is 2.42 bits per heavy atom. The van der Waals surface area contributed by atoms with Gasteiger partial charge in [-0.05, 0) is 66.6 Å². The molecule has 1 N–H and O–H groups in total. The highest BCUT2D eigenvalue weighted by molar-refractivity contribution is 6.33. The van der Waals surface area contributed by atoms with Crippen LogP contribution in [0.3, 0.4) is 0 Å². The molecule has 1 aromatic heterocycles. The topological polar surface area (TPSA) is 56.1 Å². The molecule has 0 bridgehead atoms. The lowest BCUT2D eigenvalue weighted by Gasteiger charge is -2.19. The largest absolute Gasteiger partial charge is 0.494 e. The molecule has 0 atom stereocenters. The summed E-state index contributed by atoms with van der Waals surface area (Å²) in [4.78, 5) is 17.2. The van der Waals surface area contributed by atoms with E-state index in [1.807, 2.05) is 18.2 Å². The lowest BCUT2D eigenvalue weighted by atomic mass is 9.87. The van der Waals surface area contributed by atoms with Crippen molar-refractivity contribution in [3.8, 4) is 5.75 Å². The summed E-state index contributed by atoms with van der Waals surface area (Å²) in [6.45, 7) is 8.81. The van der Waals surface area contributed by atoms with Crippen molar-refractivity contribution in [2.45, 2.75) is 64.8 Å². The molecule has 0 radical (unpaired) electrons. The third-order valence-electron chi connectivity index (χ3n) is 6.73. The molecule has 1 amide bonds. The Hall–Kier alpha value is -3.31. The van der Waals surface area contributed by atoms with E-state index in [1.54, 1.807) is 12.1 Å². The van der Waals surface area contributed by atoms with Crippen molar-refractivity contribution in [2.75, 3.05) is 13.2 Å². The van der Waals surface area contributed by atoms with E-state index in [4.69, 9.17) is 21.3 Å². The van der Waals surface area contributed by atoms with Gasteiger partial charge in [0, 0.05) is 19.5 Å². The van der Waals surface area contributed by atoms with E-state index in [-0.39, 0.29) is 11.3 Å². The van der Waals surface area contributed by atoms with Crippen LogP contribution in [0.25, 0.3) is 11.0 Å². The van der Waals surface area contributed by atoms with E-state index < -0.39 is 0 Å². The molecule has 200 valence electrons. The Bertz CT molecular complexity index is 1340. The number of benzene rings is 3. The summed E-state index contributed by atoms with van der Waals surface area (Å²) in [7, 11) is 0.